The molecule has 1 aliphatic carbocycles. The van der Waals surface area contributed by atoms with Gasteiger partial charge in [-0.3, -0.25) is 9.48 Å². The van der Waals surface area contributed by atoms with Gasteiger partial charge in [0.15, 0.2) is 11.6 Å². The number of alkyl halides is 2. The highest BCUT2D eigenvalue weighted by Gasteiger charge is 2.40. The van der Waals surface area contributed by atoms with Crippen LogP contribution in [0.5, 0.6) is 0 Å². The number of fused-ring (bicyclic) bond motifs is 4. The van der Waals surface area contributed by atoms with E-state index in [-0.39, 0.29) is 30.2 Å². The standard InChI is InChI=1S/C31H34F2N8O/c1-18(2)41-27(19(3)13-35-41)28-34-14-24-30(37-28)39(17-26(42)40(24)22-8-9-22)15-20-7-10-23-21(12-20)6-5-11-38-16-25(31(4,32)33)36-29(23)38/h7,10,12-14,16,18,22H,5-6,8-9,11,15,17H2,1-4H3. The maximum Gasteiger partial charge on any atom is 0.288 e. The number of benzene rings is 1. The molecule has 11 heteroatoms. The second-order valence-electron chi connectivity index (χ2n) is 12.1. The molecular weight excluding hydrogens is 538 g/mol. The van der Waals surface area contributed by atoms with Crippen LogP contribution in [0.3, 0.4) is 0 Å². The van der Waals surface area contributed by atoms with E-state index in [4.69, 9.17) is 9.97 Å². The fraction of sp³-hybridized carbons (Fsp3) is 0.452. The van der Waals surface area contributed by atoms with Crippen molar-refractivity contribution in [3.05, 3.63) is 59.2 Å². The smallest absolute Gasteiger partial charge is 0.288 e. The van der Waals surface area contributed by atoms with Crippen molar-refractivity contribution in [3.8, 4) is 22.9 Å². The van der Waals surface area contributed by atoms with Crippen molar-refractivity contribution >= 4 is 17.4 Å². The Morgan fingerprint density at radius 3 is 2.69 bits per heavy atom. The number of halogens is 2. The van der Waals surface area contributed by atoms with Gasteiger partial charge >= 0.3 is 0 Å². The second kappa shape index (κ2) is 9.71. The Labute approximate surface area is 243 Å². The number of amides is 1. The Bertz CT molecular complexity index is 1700. The zero-order chi connectivity index (χ0) is 29.3. The first-order valence-corrected chi connectivity index (χ1v) is 14.6. The van der Waals surface area contributed by atoms with Gasteiger partial charge in [0.25, 0.3) is 5.92 Å². The largest absolute Gasteiger partial charge is 0.341 e. The molecule has 1 amide bonds. The van der Waals surface area contributed by atoms with Crippen LogP contribution in [0.15, 0.2) is 36.8 Å². The highest BCUT2D eigenvalue weighted by Crippen LogP contribution is 2.41. The van der Waals surface area contributed by atoms with E-state index >= 15 is 0 Å². The Morgan fingerprint density at radius 1 is 1.14 bits per heavy atom. The van der Waals surface area contributed by atoms with Crippen LogP contribution in [0.25, 0.3) is 22.9 Å². The van der Waals surface area contributed by atoms with Crippen LogP contribution in [0.1, 0.15) is 68.5 Å². The summed E-state index contributed by atoms with van der Waals surface area (Å²) in [6.07, 6.45) is 8.72. The van der Waals surface area contributed by atoms with E-state index in [1.807, 2.05) is 44.3 Å². The molecule has 1 fully saturated rings. The van der Waals surface area contributed by atoms with Gasteiger partial charge in [0.05, 0.1) is 18.9 Å². The van der Waals surface area contributed by atoms with Crippen molar-refractivity contribution in [3.63, 3.8) is 0 Å². The molecule has 0 unspecified atom stereocenters. The SMILES string of the molecule is Cc1cnn(C(C)C)c1-c1ncc2c(n1)N(Cc1ccc3c(c1)CCCn1cc(C(C)(F)F)nc1-3)CC(=O)N2C1CC1. The highest BCUT2D eigenvalue weighted by molar-refractivity contribution is 6.03. The first-order chi connectivity index (χ1) is 20.1. The van der Waals surface area contributed by atoms with Gasteiger partial charge in [-0.05, 0) is 63.1 Å². The average molecular weight is 573 g/mol. The summed E-state index contributed by atoms with van der Waals surface area (Å²) in [4.78, 5) is 31.4. The van der Waals surface area contributed by atoms with Crippen molar-refractivity contribution in [1.82, 2.24) is 29.3 Å². The van der Waals surface area contributed by atoms with Crippen molar-refractivity contribution in [2.24, 2.45) is 0 Å². The number of carbonyl (C=O) groups excluding carboxylic acids is 1. The molecule has 3 aromatic heterocycles. The molecule has 0 radical (unpaired) electrons. The Kier molecular flexibility index (Phi) is 6.18. The first-order valence-electron chi connectivity index (χ1n) is 14.6. The number of hydrogen-bond acceptors (Lipinski definition) is 6. The van der Waals surface area contributed by atoms with E-state index in [2.05, 4.69) is 30.0 Å². The van der Waals surface area contributed by atoms with Crippen molar-refractivity contribution < 1.29 is 13.6 Å². The predicted molar refractivity (Wildman–Crippen MR) is 155 cm³/mol. The van der Waals surface area contributed by atoms with Gasteiger partial charge in [0, 0.05) is 43.9 Å². The minimum atomic E-state index is -2.99. The lowest BCUT2D eigenvalue weighted by Gasteiger charge is -2.36. The number of aryl methyl sites for hydroxylation is 3. The summed E-state index contributed by atoms with van der Waals surface area (Å²) in [6, 6.07) is 6.45. The van der Waals surface area contributed by atoms with E-state index in [1.54, 1.807) is 6.20 Å². The third-order valence-electron chi connectivity index (χ3n) is 8.35. The van der Waals surface area contributed by atoms with Crippen LogP contribution in [0.2, 0.25) is 0 Å². The zero-order valence-corrected chi connectivity index (χ0v) is 24.3. The molecule has 7 rings (SSSR count). The summed E-state index contributed by atoms with van der Waals surface area (Å²) in [7, 11) is 0. The molecule has 4 aromatic rings. The van der Waals surface area contributed by atoms with E-state index in [0.717, 1.165) is 72.1 Å². The minimum Gasteiger partial charge on any atom is -0.341 e. The number of anilines is 2. The van der Waals surface area contributed by atoms with E-state index in [0.29, 0.717) is 24.7 Å². The number of nitrogens with zero attached hydrogens (tertiary/aromatic N) is 8. The lowest BCUT2D eigenvalue weighted by atomic mass is 10.00. The van der Waals surface area contributed by atoms with E-state index < -0.39 is 5.92 Å². The predicted octanol–water partition coefficient (Wildman–Crippen LogP) is 5.67. The Morgan fingerprint density at radius 2 is 1.95 bits per heavy atom. The summed E-state index contributed by atoms with van der Waals surface area (Å²) in [5, 5.41) is 4.55. The van der Waals surface area contributed by atoms with Crippen LogP contribution >= 0.6 is 0 Å². The molecule has 0 bridgehead atoms. The molecule has 2 aliphatic heterocycles. The van der Waals surface area contributed by atoms with Gasteiger partial charge < -0.3 is 14.4 Å². The van der Waals surface area contributed by atoms with Crippen LogP contribution in [-0.4, -0.2) is 47.8 Å². The highest BCUT2D eigenvalue weighted by atomic mass is 19.3. The number of imidazole rings is 1. The quantitative estimate of drug-likeness (QED) is 0.296. The summed E-state index contributed by atoms with van der Waals surface area (Å²) in [5.41, 5.74) is 5.39. The van der Waals surface area contributed by atoms with E-state index in [1.165, 1.54) is 6.20 Å². The van der Waals surface area contributed by atoms with Crippen molar-refractivity contribution in [2.45, 2.75) is 84.5 Å². The fourth-order valence-electron chi connectivity index (χ4n) is 6.16. The molecule has 9 nitrogen and oxygen atoms in total. The zero-order valence-electron chi connectivity index (χ0n) is 24.3. The number of carbonyl (C=O) groups is 1. The molecule has 0 spiro atoms. The lowest BCUT2D eigenvalue weighted by Crippen LogP contribution is -2.47. The molecule has 218 valence electrons. The first kappa shape index (κ1) is 26.7. The Balaban J connectivity index is 1.26. The molecule has 0 saturated heterocycles. The van der Waals surface area contributed by atoms with Gasteiger partial charge in [-0.1, -0.05) is 18.2 Å². The molecule has 0 N–H and O–H groups in total. The van der Waals surface area contributed by atoms with Crippen LogP contribution in [0, 0.1) is 6.92 Å². The molecule has 5 heterocycles. The number of rotatable bonds is 6. The van der Waals surface area contributed by atoms with Gasteiger partial charge in [0.2, 0.25) is 5.91 Å². The van der Waals surface area contributed by atoms with Crippen LogP contribution in [0.4, 0.5) is 20.3 Å². The average Bonchev–Trinajstić information content (AvgIpc) is 3.59. The fourth-order valence-corrected chi connectivity index (χ4v) is 6.16. The maximum atomic E-state index is 14.1. The molecule has 42 heavy (non-hydrogen) atoms. The van der Waals surface area contributed by atoms with Gasteiger partial charge in [-0.25, -0.2) is 15.0 Å². The molecule has 1 saturated carbocycles. The van der Waals surface area contributed by atoms with E-state index in [9.17, 15) is 13.6 Å². The molecular formula is C31H34F2N8O. The maximum absolute atomic E-state index is 14.1. The summed E-state index contributed by atoms with van der Waals surface area (Å²) >= 11 is 0. The summed E-state index contributed by atoms with van der Waals surface area (Å²) < 4.78 is 31.9. The molecule has 3 aliphatic rings. The van der Waals surface area contributed by atoms with Gasteiger partial charge in [0.1, 0.15) is 22.9 Å². The third kappa shape index (κ3) is 4.55. The van der Waals surface area contributed by atoms with Crippen LogP contribution < -0.4 is 9.80 Å². The third-order valence-corrected chi connectivity index (χ3v) is 8.35. The monoisotopic (exact) mass is 572 g/mol. The van der Waals surface area contributed by atoms with Crippen LogP contribution in [-0.2, 0) is 30.2 Å². The lowest BCUT2D eigenvalue weighted by molar-refractivity contribution is -0.117. The molecule has 0 atom stereocenters. The normalized spacial score (nSPS) is 16.9. The minimum absolute atomic E-state index is 0.0505. The summed E-state index contributed by atoms with van der Waals surface area (Å²) in [6.45, 7) is 8.39. The summed E-state index contributed by atoms with van der Waals surface area (Å²) in [5.74, 6) is -1.03. The topological polar surface area (TPSA) is 85.0 Å². The second-order valence-corrected chi connectivity index (χ2v) is 12.1. The van der Waals surface area contributed by atoms with Crippen molar-refractivity contribution in [2.75, 3.05) is 16.3 Å². The van der Waals surface area contributed by atoms with Gasteiger partial charge in [-0.2, -0.15) is 13.9 Å². The number of aromatic nitrogens is 6. The molecule has 1 aromatic carbocycles. The van der Waals surface area contributed by atoms with Crippen molar-refractivity contribution in [1.29, 1.82) is 0 Å². The number of hydrogen-bond donors (Lipinski definition) is 0. The van der Waals surface area contributed by atoms with Gasteiger partial charge in [-0.15, -0.1) is 0 Å². The Hall–Kier alpha value is -4.15.